The Morgan fingerprint density at radius 2 is 1.64 bits per heavy atom. The van der Waals surface area contributed by atoms with Crippen LogP contribution in [0.1, 0.15) is 43.2 Å². The summed E-state index contributed by atoms with van der Waals surface area (Å²) < 4.78 is 5.55. The Hall–Kier alpha value is -3.61. The number of fused-ring (bicyclic) bond motifs is 1. The topological polar surface area (TPSA) is 95.9 Å². The van der Waals surface area contributed by atoms with Gasteiger partial charge in [0.2, 0.25) is 5.91 Å². The maximum absolute atomic E-state index is 12.8. The standard InChI is InChI=1S/C29H34N2O5/c32-27(30-15-14-21-6-2-1-3-7-21)20-36-26-12-10-22(11-13-26)16-25(29(34)35)17-28(33)31-18-23-8-4-5-9-24(23)19-31/h1-3,6-7,10-13,16,23-24H,4-5,8-9,14-15,17-20H2,(H,30,32)(H,34,35)/b25-16+. The van der Waals surface area contributed by atoms with Crippen molar-refractivity contribution >= 4 is 23.9 Å². The maximum Gasteiger partial charge on any atom is 0.332 e. The van der Waals surface area contributed by atoms with Crippen LogP contribution in [0.4, 0.5) is 0 Å². The van der Waals surface area contributed by atoms with Gasteiger partial charge in [0.25, 0.3) is 5.91 Å². The maximum atomic E-state index is 12.8. The van der Waals surface area contributed by atoms with Crippen molar-refractivity contribution in [1.82, 2.24) is 10.2 Å². The van der Waals surface area contributed by atoms with Gasteiger partial charge in [-0.15, -0.1) is 0 Å². The van der Waals surface area contributed by atoms with Gasteiger partial charge in [-0.2, -0.15) is 0 Å². The molecule has 2 aliphatic rings. The molecule has 1 aliphatic carbocycles. The van der Waals surface area contributed by atoms with Crippen LogP contribution in [0, 0.1) is 11.8 Å². The summed E-state index contributed by atoms with van der Waals surface area (Å²) in [5.74, 6) is 0.238. The average Bonchev–Trinajstić information content (AvgIpc) is 3.33. The van der Waals surface area contributed by atoms with Crippen LogP contribution in [-0.4, -0.2) is 54.0 Å². The first-order valence-corrected chi connectivity index (χ1v) is 12.7. The Kier molecular flexibility index (Phi) is 8.76. The lowest BCUT2D eigenvalue weighted by Crippen LogP contribution is -2.30. The summed E-state index contributed by atoms with van der Waals surface area (Å²) >= 11 is 0. The summed E-state index contributed by atoms with van der Waals surface area (Å²) in [5.41, 5.74) is 1.89. The lowest BCUT2D eigenvalue weighted by Gasteiger charge is -2.22. The molecule has 1 saturated heterocycles. The SMILES string of the molecule is O=C(COc1ccc(/C=C(\CC(=O)N2CC3CCCCC3C2)C(=O)O)cc1)NCCc1ccccc1. The number of ether oxygens (including phenoxy) is 1. The van der Waals surface area contributed by atoms with E-state index in [-0.39, 0.29) is 30.4 Å². The molecule has 4 rings (SSSR count). The second-order valence-electron chi connectivity index (χ2n) is 9.70. The number of aliphatic carboxylic acids is 1. The Bertz CT molecular complexity index is 1070. The van der Waals surface area contributed by atoms with Crippen LogP contribution in [0.3, 0.4) is 0 Å². The fourth-order valence-electron chi connectivity index (χ4n) is 5.12. The van der Waals surface area contributed by atoms with Crippen molar-refractivity contribution < 1.29 is 24.2 Å². The summed E-state index contributed by atoms with van der Waals surface area (Å²) in [4.78, 5) is 38.5. The van der Waals surface area contributed by atoms with Crippen LogP contribution in [0.25, 0.3) is 6.08 Å². The summed E-state index contributed by atoms with van der Waals surface area (Å²) in [6.07, 6.45) is 6.95. The zero-order valence-electron chi connectivity index (χ0n) is 20.5. The first kappa shape index (κ1) is 25.5. The van der Waals surface area contributed by atoms with Crippen molar-refractivity contribution in [2.45, 2.75) is 38.5 Å². The van der Waals surface area contributed by atoms with E-state index in [1.54, 1.807) is 24.3 Å². The van der Waals surface area contributed by atoms with E-state index in [1.807, 2.05) is 35.2 Å². The lowest BCUT2D eigenvalue weighted by molar-refractivity contribution is -0.136. The Morgan fingerprint density at radius 3 is 2.28 bits per heavy atom. The third kappa shape index (κ3) is 7.20. The first-order valence-electron chi connectivity index (χ1n) is 12.7. The highest BCUT2D eigenvalue weighted by Gasteiger charge is 2.36. The molecule has 2 unspecified atom stereocenters. The molecule has 36 heavy (non-hydrogen) atoms. The van der Waals surface area contributed by atoms with E-state index >= 15 is 0 Å². The molecule has 2 atom stereocenters. The van der Waals surface area contributed by atoms with Crippen LogP contribution < -0.4 is 10.1 Å². The highest BCUT2D eigenvalue weighted by Crippen LogP contribution is 2.36. The van der Waals surface area contributed by atoms with E-state index in [4.69, 9.17) is 4.74 Å². The van der Waals surface area contributed by atoms with Crippen LogP contribution in [0.5, 0.6) is 5.75 Å². The molecule has 0 aromatic heterocycles. The number of hydrogen-bond acceptors (Lipinski definition) is 4. The highest BCUT2D eigenvalue weighted by molar-refractivity contribution is 5.98. The Morgan fingerprint density at radius 1 is 0.972 bits per heavy atom. The molecule has 0 radical (unpaired) electrons. The van der Waals surface area contributed by atoms with Gasteiger partial charge in [-0.05, 0) is 60.4 Å². The molecule has 7 heteroatoms. The summed E-state index contributed by atoms with van der Waals surface area (Å²) in [6, 6.07) is 16.7. The van der Waals surface area contributed by atoms with Crippen LogP contribution in [-0.2, 0) is 20.8 Å². The number of nitrogens with zero attached hydrogens (tertiary/aromatic N) is 1. The number of carbonyl (C=O) groups excluding carboxylic acids is 2. The van der Waals surface area contributed by atoms with Crippen molar-refractivity contribution in [3.05, 3.63) is 71.3 Å². The first-order chi connectivity index (χ1) is 17.5. The quantitative estimate of drug-likeness (QED) is 0.492. The number of benzene rings is 2. The van der Waals surface area contributed by atoms with Crippen LogP contribution >= 0.6 is 0 Å². The van der Waals surface area contributed by atoms with Gasteiger partial charge in [-0.1, -0.05) is 55.3 Å². The van der Waals surface area contributed by atoms with E-state index in [2.05, 4.69) is 5.32 Å². The van der Waals surface area contributed by atoms with E-state index in [0.29, 0.717) is 29.7 Å². The molecule has 2 aromatic rings. The predicted octanol–water partition coefficient (Wildman–Crippen LogP) is 3.93. The molecule has 0 bridgehead atoms. The third-order valence-corrected chi connectivity index (χ3v) is 7.11. The summed E-state index contributed by atoms with van der Waals surface area (Å²) in [5, 5.41) is 12.5. The molecular weight excluding hydrogens is 456 g/mol. The van der Waals surface area contributed by atoms with Gasteiger partial charge in [-0.3, -0.25) is 9.59 Å². The van der Waals surface area contributed by atoms with E-state index in [9.17, 15) is 19.5 Å². The zero-order chi connectivity index (χ0) is 25.3. The molecule has 1 saturated carbocycles. The molecule has 190 valence electrons. The van der Waals surface area contributed by atoms with Gasteiger partial charge in [0.05, 0.1) is 6.42 Å². The Labute approximate surface area is 212 Å². The number of carboxylic acid groups (broad SMARTS) is 1. The van der Waals surface area contributed by atoms with Crippen molar-refractivity contribution in [2.24, 2.45) is 11.8 Å². The molecule has 2 N–H and O–H groups in total. The molecule has 2 fully saturated rings. The largest absolute Gasteiger partial charge is 0.484 e. The molecule has 0 spiro atoms. The molecule has 2 aromatic carbocycles. The number of hydrogen-bond donors (Lipinski definition) is 2. The fraction of sp³-hybridized carbons (Fsp3) is 0.414. The van der Waals surface area contributed by atoms with E-state index < -0.39 is 5.97 Å². The van der Waals surface area contributed by atoms with Crippen molar-refractivity contribution in [1.29, 1.82) is 0 Å². The van der Waals surface area contributed by atoms with Gasteiger partial charge >= 0.3 is 5.97 Å². The van der Waals surface area contributed by atoms with Crippen LogP contribution in [0.2, 0.25) is 0 Å². The number of nitrogens with one attached hydrogen (secondary N) is 1. The lowest BCUT2D eigenvalue weighted by atomic mass is 9.82. The molecule has 7 nitrogen and oxygen atoms in total. The van der Waals surface area contributed by atoms with Gasteiger partial charge < -0.3 is 20.1 Å². The number of rotatable bonds is 10. The predicted molar refractivity (Wildman–Crippen MR) is 137 cm³/mol. The minimum atomic E-state index is -1.09. The van der Waals surface area contributed by atoms with E-state index in [0.717, 1.165) is 25.1 Å². The van der Waals surface area contributed by atoms with Crippen LogP contribution in [0.15, 0.2) is 60.2 Å². The van der Waals surface area contributed by atoms with Gasteiger partial charge in [0, 0.05) is 25.2 Å². The number of carbonyl (C=O) groups is 3. The normalized spacial score (nSPS) is 19.4. The number of carboxylic acids is 1. The van der Waals surface area contributed by atoms with Gasteiger partial charge in [-0.25, -0.2) is 4.79 Å². The molecule has 1 aliphatic heterocycles. The average molecular weight is 491 g/mol. The zero-order valence-corrected chi connectivity index (χ0v) is 20.5. The monoisotopic (exact) mass is 490 g/mol. The Balaban J connectivity index is 1.25. The van der Waals surface area contributed by atoms with Gasteiger partial charge in [0.15, 0.2) is 6.61 Å². The minimum Gasteiger partial charge on any atom is -0.484 e. The van der Waals surface area contributed by atoms with Gasteiger partial charge in [0.1, 0.15) is 5.75 Å². The number of amides is 2. The number of likely N-dealkylation sites (tertiary alicyclic amines) is 1. The third-order valence-electron chi connectivity index (χ3n) is 7.11. The summed E-state index contributed by atoms with van der Waals surface area (Å²) in [6.45, 7) is 1.94. The highest BCUT2D eigenvalue weighted by atomic mass is 16.5. The second kappa shape index (κ2) is 12.4. The van der Waals surface area contributed by atoms with Crippen molar-refractivity contribution in [3.8, 4) is 5.75 Å². The minimum absolute atomic E-state index is 0.0707. The molecule has 1 heterocycles. The fourth-order valence-corrected chi connectivity index (χ4v) is 5.12. The molecule has 2 amide bonds. The van der Waals surface area contributed by atoms with E-state index in [1.165, 1.54) is 31.8 Å². The van der Waals surface area contributed by atoms with Crippen molar-refractivity contribution in [3.63, 3.8) is 0 Å². The smallest absolute Gasteiger partial charge is 0.332 e. The molecular formula is C29H34N2O5. The second-order valence-corrected chi connectivity index (χ2v) is 9.70. The van der Waals surface area contributed by atoms with Crippen molar-refractivity contribution in [2.75, 3.05) is 26.2 Å². The summed E-state index contributed by atoms with van der Waals surface area (Å²) in [7, 11) is 0.